The molecule has 5 nitrogen and oxygen atoms in total. The van der Waals surface area contributed by atoms with Crippen molar-refractivity contribution in [3.63, 3.8) is 0 Å². The molecule has 1 N–H and O–H groups in total. The van der Waals surface area contributed by atoms with E-state index in [-0.39, 0.29) is 6.10 Å². The predicted molar refractivity (Wildman–Crippen MR) is 77.1 cm³/mol. The van der Waals surface area contributed by atoms with Crippen LogP contribution in [0.4, 0.5) is 0 Å². The lowest BCUT2D eigenvalue weighted by atomic mass is 9.84. The molecule has 4 rings (SSSR count). The molecule has 0 bridgehead atoms. The minimum Gasteiger partial charge on any atom is -0.367 e. The third kappa shape index (κ3) is 2.59. The van der Waals surface area contributed by atoms with Gasteiger partial charge in [0.15, 0.2) is 0 Å². The largest absolute Gasteiger partial charge is 0.367 e. The van der Waals surface area contributed by atoms with Crippen molar-refractivity contribution in [2.45, 2.75) is 31.3 Å². The zero-order valence-corrected chi connectivity index (χ0v) is 11.9. The zero-order valence-electron chi connectivity index (χ0n) is 11.9. The number of nitrogens with one attached hydrogen (secondary N) is 1. The highest BCUT2D eigenvalue weighted by atomic mass is 16.5. The van der Waals surface area contributed by atoms with Crippen molar-refractivity contribution in [2.75, 3.05) is 19.7 Å². The van der Waals surface area contributed by atoms with Crippen molar-refractivity contribution in [3.05, 3.63) is 47.1 Å². The number of hydrogen-bond acceptors (Lipinski definition) is 5. The highest BCUT2D eigenvalue weighted by Gasteiger charge is 2.27. The summed E-state index contributed by atoms with van der Waals surface area (Å²) in [6.45, 7) is 2.35. The Bertz CT molecular complexity index is 619. The average molecular weight is 285 g/mol. The predicted octanol–water partition coefficient (Wildman–Crippen LogP) is 2.00. The first-order chi connectivity index (χ1) is 10.4. The molecular weight excluding hydrogens is 266 g/mol. The van der Waals surface area contributed by atoms with Crippen molar-refractivity contribution in [1.82, 2.24) is 15.5 Å². The molecule has 1 saturated heterocycles. The van der Waals surface area contributed by atoms with E-state index in [1.54, 1.807) is 0 Å². The van der Waals surface area contributed by atoms with E-state index >= 15 is 0 Å². The van der Waals surface area contributed by atoms with Crippen LogP contribution < -0.4 is 5.32 Å². The molecule has 5 heteroatoms. The van der Waals surface area contributed by atoms with Crippen LogP contribution in [0.1, 0.15) is 41.3 Å². The SMILES string of the molecule is c1ccc2c(c1)CCC(c1nc(C3CNCCO3)no1)C2. The third-order valence-electron chi connectivity index (χ3n) is 4.37. The van der Waals surface area contributed by atoms with Crippen LogP contribution in [-0.2, 0) is 17.6 Å². The Morgan fingerprint density at radius 2 is 2.10 bits per heavy atom. The molecule has 2 unspecified atom stereocenters. The number of benzene rings is 1. The van der Waals surface area contributed by atoms with Crippen LogP contribution in [0.5, 0.6) is 0 Å². The lowest BCUT2D eigenvalue weighted by Crippen LogP contribution is -2.33. The summed E-state index contributed by atoms with van der Waals surface area (Å²) in [4.78, 5) is 4.59. The highest BCUT2D eigenvalue weighted by Crippen LogP contribution is 2.32. The minimum absolute atomic E-state index is 0.0767. The minimum atomic E-state index is -0.0767. The van der Waals surface area contributed by atoms with E-state index in [1.807, 2.05) is 0 Å². The van der Waals surface area contributed by atoms with Gasteiger partial charge in [-0.3, -0.25) is 0 Å². The number of rotatable bonds is 2. The second-order valence-corrected chi connectivity index (χ2v) is 5.76. The smallest absolute Gasteiger partial charge is 0.230 e. The normalized spacial score (nSPS) is 25.5. The van der Waals surface area contributed by atoms with Crippen LogP contribution >= 0.6 is 0 Å². The molecule has 1 aromatic carbocycles. The Morgan fingerprint density at radius 3 is 2.95 bits per heavy atom. The molecule has 2 atom stereocenters. The van der Waals surface area contributed by atoms with E-state index in [9.17, 15) is 0 Å². The van der Waals surface area contributed by atoms with Gasteiger partial charge >= 0.3 is 0 Å². The van der Waals surface area contributed by atoms with E-state index in [1.165, 1.54) is 11.1 Å². The van der Waals surface area contributed by atoms with Gasteiger partial charge in [0.2, 0.25) is 11.7 Å². The van der Waals surface area contributed by atoms with Crippen LogP contribution in [0.25, 0.3) is 0 Å². The Balaban J connectivity index is 1.51. The topological polar surface area (TPSA) is 60.2 Å². The molecule has 0 saturated carbocycles. The number of ether oxygens (including phenoxy) is 1. The number of aryl methyl sites for hydroxylation is 1. The monoisotopic (exact) mass is 285 g/mol. The number of hydrogen-bond donors (Lipinski definition) is 1. The molecule has 2 aliphatic rings. The molecule has 21 heavy (non-hydrogen) atoms. The summed E-state index contributed by atoms with van der Waals surface area (Å²) in [7, 11) is 0. The maximum atomic E-state index is 5.67. The molecule has 2 heterocycles. The Labute approximate surface area is 123 Å². The van der Waals surface area contributed by atoms with Gasteiger partial charge in [-0.2, -0.15) is 4.98 Å². The molecule has 1 fully saturated rings. The lowest BCUT2D eigenvalue weighted by Gasteiger charge is -2.22. The third-order valence-corrected chi connectivity index (χ3v) is 4.37. The van der Waals surface area contributed by atoms with E-state index in [0.717, 1.165) is 38.2 Å². The van der Waals surface area contributed by atoms with E-state index < -0.39 is 0 Å². The van der Waals surface area contributed by atoms with Crippen LogP contribution in [0.15, 0.2) is 28.8 Å². The summed E-state index contributed by atoms with van der Waals surface area (Å²) in [6.07, 6.45) is 3.07. The fraction of sp³-hybridized carbons (Fsp3) is 0.500. The number of fused-ring (bicyclic) bond motifs is 1. The van der Waals surface area contributed by atoms with Gasteiger partial charge in [-0.05, 0) is 30.4 Å². The summed E-state index contributed by atoms with van der Waals surface area (Å²) in [5.41, 5.74) is 2.86. The van der Waals surface area contributed by atoms with E-state index in [4.69, 9.17) is 9.26 Å². The summed E-state index contributed by atoms with van der Waals surface area (Å²) in [5.74, 6) is 1.77. The van der Waals surface area contributed by atoms with Crippen molar-refractivity contribution in [1.29, 1.82) is 0 Å². The Hall–Kier alpha value is -1.72. The van der Waals surface area contributed by atoms with Crippen molar-refractivity contribution in [2.24, 2.45) is 0 Å². The standard InChI is InChI=1S/C16H19N3O2/c1-2-4-12-9-13(6-5-11(12)3-1)16-18-15(19-21-16)14-10-17-7-8-20-14/h1-4,13-14,17H,5-10H2. The second kappa shape index (κ2) is 5.58. The van der Waals surface area contributed by atoms with Crippen molar-refractivity contribution >= 4 is 0 Å². The number of nitrogens with zero attached hydrogens (tertiary/aromatic N) is 2. The van der Waals surface area contributed by atoms with Gasteiger partial charge in [0.1, 0.15) is 6.10 Å². The summed E-state index contributed by atoms with van der Waals surface area (Å²) in [6, 6.07) is 8.62. The molecule has 1 aromatic heterocycles. The summed E-state index contributed by atoms with van der Waals surface area (Å²) in [5, 5.41) is 7.41. The van der Waals surface area contributed by atoms with Gasteiger partial charge in [0.05, 0.1) is 6.61 Å². The summed E-state index contributed by atoms with van der Waals surface area (Å²) < 4.78 is 11.2. The fourth-order valence-electron chi connectivity index (χ4n) is 3.18. The van der Waals surface area contributed by atoms with Crippen LogP contribution in [0, 0.1) is 0 Å². The molecule has 0 spiro atoms. The molecular formula is C16H19N3O2. The first kappa shape index (κ1) is 13.0. The van der Waals surface area contributed by atoms with E-state index in [2.05, 4.69) is 39.7 Å². The van der Waals surface area contributed by atoms with Gasteiger partial charge in [0.25, 0.3) is 0 Å². The Kier molecular flexibility index (Phi) is 3.45. The van der Waals surface area contributed by atoms with Gasteiger partial charge in [-0.1, -0.05) is 29.4 Å². The molecule has 1 aliphatic carbocycles. The first-order valence-electron chi connectivity index (χ1n) is 7.63. The zero-order chi connectivity index (χ0) is 14.1. The maximum absolute atomic E-state index is 5.67. The van der Waals surface area contributed by atoms with Crippen molar-refractivity contribution in [3.8, 4) is 0 Å². The van der Waals surface area contributed by atoms with Crippen LogP contribution in [0.2, 0.25) is 0 Å². The quantitative estimate of drug-likeness (QED) is 0.914. The highest BCUT2D eigenvalue weighted by molar-refractivity contribution is 5.31. The van der Waals surface area contributed by atoms with E-state index in [0.29, 0.717) is 18.3 Å². The number of morpholine rings is 1. The van der Waals surface area contributed by atoms with Gasteiger partial charge in [0, 0.05) is 19.0 Å². The lowest BCUT2D eigenvalue weighted by molar-refractivity contribution is 0.0208. The fourth-order valence-corrected chi connectivity index (χ4v) is 3.18. The Morgan fingerprint density at radius 1 is 1.19 bits per heavy atom. The molecule has 110 valence electrons. The van der Waals surface area contributed by atoms with Crippen LogP contribution in [0.3, 0.4) is 0 Å². The van der Waals surface area contributed by atoms with Gasteiger partial charge in [-0.15, -0.1) is 0 Å². The molecule has 1 aliphatic heterocycles. The number of aromatic nitrogens is 2. The van der Waals surface area contributed by atoms with Crippen LogP contribution in [-0.4, -0.2) is 29.8 Å². The molecule has 2 aromatic rings. The van der Waals surface area contributed by atoms with Crippen molar-refractivity contribution < 1.29 is 9.26 Å². The molecule has 0 amide bonds. The second-order valence-electron chi connectivity index (χ2n) is 5.76. The van der Waals surface area contributed by atoms with Gasteiger partial charge in [-0.25, -0.2) is 0 Å². The summed E-state index contributed by atoms with van der Waals surface area (Å²) >= 11 is 0. The maximum Gasteiger partial charge on any atom is 0.230 e. The first-order valence-corrected chi connectivity index (χ1v) is 7.63. The molecule has 0 radical (unpaired) electrons. The average Bonchev–Trinajstić information content (AvgIpc) is 3.05. The van der Waals surface area contributed by atoms with Gasteiger partial charge < -0.3 is 14.6 Å².